The molecule has 4 atom stereocenters. The number of aliphatic hydroxyl groups is 2. The van der Waals surface area contributed by atoms with Gasteiger partial charge in [-0.05, 0) is 44.4 Å². The van der Waals surface area contributed by atoms with E-state index < -0.39 is 23.4 Å². The summed E-state index contributed by atoms with van der Waals surface area (Å²) in [6, 6.07) is 0. The molecule has 0 radical (unpaired) electrons. The number of aliphatic hydroxyl groups excluding tert-OH is 1. The first-order valence-electron chi connectivity index (χ1n) is 12.1. The molecule has 0 saturated heterocycles. The Bertz CT molecular complexity index is 946. The van der Waals surface area contributed by atoms with Gasteiger partial charge >= 0.3 is 0 Å². The van der Waals surface area contributed by atoms with E-state index in [0.717, 1.165) is 37.7 Å². The molecule has 0 unspecified atom stereocenters. The van der Waals surface area contributed by atoms with Crippen LogP contribution in [0.25, 0.3) is 0 Å². The van der Waals surface area contributed by atoms with E-state index in [0.29, 0.717) is 28.9 Å². The summed E-state index contributed by atoms with van der Waals surface area (Å²) >= 11 is 0. The number of carbonyl (C=O) groups excluding carboxylic acids is 3. The minimum atomic E-state index is -1.71. The molecule has 0 bridgehead atoms. The molecule has 3 rings (SSSR count). The van der Waals surface area contributed by atoms with Crippen molar-refractivity contribution in [2.24, 2.45) is 11.8 Å². The predicted octanol–water partition coefficient (Wildman–Crippen LogP) is 4.27. The van der Waals surface area contributed by atoms with E-state index in [9.17, 15) is 24.6 Å². The van der Waals surface area contributed by atoms with E-state index >= 15 is 0 Å². The maximum absolute atomic E-state index is 13.0. The first-order chi connectivity index (χ1) is 15.6. The number of rotatable bonds is 9. The fourth-order valence-corrected chi connectivity index (χ4v) is 4.93. The van der Waals surface area contributed by atoms with Gasteiger partial charge in [-0.15, -0.1) is 0 Å². The molecule has 2 aliphatic carbocycles. The average Bonchev–Trinajstić information content (AvgIpc) is 2.73. The van der Waals surface area contributed by atoms with E-state index in [1.807, 2.05) is 6.92 Å². The molecular formula is C27H36O6. The van der Waals surface area contributed by atoms with Gasteiger partial charge in [-0.1, -0.05) is 45.1 Å². The number of hydrogen-bond donors (Lipinski definition) is 2. The molecule has 0 aromatic rings. The van der Waals surface area contributed by atoms with Crippen molar-refractivity contribution in [2.75, 3.05) is 0 Å². The lowest BCUT2D eigenvalue weighted by Gasteiger charge is -2.38. The normalized spacial score (nSPS) is 28.5. The molecule has 1 heterocycles. The van der Waals surface area contributed by atoms with Crippen LogP contribution in [0.2, 0.25) is 0 Å². The van der Waals surface area contributed by atoms with Crippen LogP contribution in [0.5, 0.6) is 0 Å². The quantitative estimate of drug-likeness (QED) is 0.503. The van der Waals surface area contributed by atoms with Gasteiger partial charge in [0.2, 0.25) is 0 Å². The lowest BCUT2D eigenvalue weighted by Crippen LogP contribution is -2.47. The number of hydrogen-bond acceptors (Lipinski definition) is 6. The van der Waals surface area contributed by atoms with Gasteiger partial charge in [-0.2, -0.15) is 0 Å². The zero-order valence-electron chi connectivity index (χ0n) is 20.1. The highest BCUT2D eigenvalue weighted by Crippen LogP contribution is 2.43. The van der Waals surface area contributed by atoms with Crippen molar-refractivity contribution in [3.8, 4) is 0 Å². The Kier molecular flexibility index (Phi) is 7.91. The number of Topliss-reactive ketones (excluding diaryl/α,β-unsaturated/α-hetero) is 2. The van der Waals surface area contributed by atoms with Gasteiger partial charge in [0, 0.05) is 30.3 Å². The minimum absolute atomic E-state index is 0.0245. The molecule has 3 aliphatic rings. The van der Waals surface area contributed by atoms with Crippen LogP contribution in [0.4, 0.5) is 0 Å². The first kappa shape index (κ1) is 25.3. The number of ether oxygens (including phenoxy) is 1. The number of unbranched alkanes of at least 4 members (excludes halogenated alkanes) is 3. The van der Waals surface area contributed by atoms with Crippen molar-refractivity contribution in [3.05, 3.63) is 46.5 Å². The average molecular weight is 457 g/mol. The molecule has 180 valence electrons. The molecule has 6 heteroatoms. The lowest BCUT2D eigenvalue weighted by atomic mass is 9.69. The third-order valence-electron chi connectivity index (χ3n) is 7.13. The summed E-state index contributed by atoms with van der Waals surface area (Å²) in [5.41, 5.74) is 0.605. The number of ketones is 3. The number of carbonyl (C=O) groups is 3. The van der Waals surface area contributed by atoms with Crippen molar-refractivity contribution in [2.45, 2.75) is 90.8 Å². The lowest BCUT2D eigenvalue weighted by molar-refractivity contribution is -0.137. The smallest absolute Gasteiger partial charge is 0.188 e. The van der Waals surface area contributed by atoms with Crippen LogP contribution < -0.4 is 0 Å². The molecule has 33 heavy (non-hydrogen) atoms. The summed E-state index contributed by atoms with van der Waals surface area (Å²) in [4.78, 5) is 38.3. The van der Waals surface area contributed by atoms with E-state index in [4.69, 9.17) is 4.74 Å². The fourth-order valence-electron chi connectivity index (χ4n) is 4.93. The molecule has 0 saturated carbocycles. The monoisotopic (exact) mass is 456 g/mol. The van der Waals surface area contributed by atoms with Gasteiger partial charge < -0.3 is 14.9 Å². The molecule has 0 spiro atoms. The molecule has 0 fully saturated rings. The van der Waals surface area contributed by atoms with Gasteiger partial charge in [-0.25, -0.2) is 0 Å². The van der Waals surface area contributed by atoms with Gasteiger partial charge in [0.05, 0.1) is 17.9 Å². The summed E-state index contributed by atoms with van der Waals surface area (Å²) in [6.07, 6.45) is 9.41. The Morgan fingerprint density at radius 3 is 2.61 bits per heavy atom. The maximum atomic E-state index is 13.0. The van der Waals surface area contributed by atoms with Crippen molar-refractivity contribution in [1.82, 2.24) is 0 Å². The summed E-state index contributed by atoms with van der Waals surface area (Å²) in [6.45, 7) is 7.29. The zero-order valence-corrected chi connectivity index (χ0v) is 20.1. The molecule has 2 N–H and O–H groups in total. The van der Waals surface area contributed by atoms with Gasteiger partial charge in [0.25, 0.3) is 0 Å². The zero-order chi connectivity index (χ0) is 24.3. The largest absolute Gasteiger partial charge is 0.464 e. The van der Waals surface area contributed by atoms with Crippen molar-refractivity contribution >= 4 is 17.3 Å². The molecule has 6 nitrogen and oxygen atoms in total. The third kappa shape index (κ3) is 5.44. The van der Waals surface area contributed by atoms with Crippen molar-refractivity contribution in [1.29, 1.82) is 0 Å². The van der Waals surface area contributed by atoms with Crippen molar-refractivity contribution < 1.29 is 29.3 Å². The standard InChI is InChI=1S/C27H36O6/c1-5-6-7-8-9-16(2)22(29)14-21-20-15-33-24(11-18(20)12-25(31)27(21,4)32)26-17(3)10-19(28)13-23(26)30/h11-12,15-16,19,21,28,32H,5-10,13-14H2,1-4H3/t16-,19-,21-,27-/m1/s1. The Balaban J connectivity index is 1.82. The second-order valence-electron chi connectivity index (χ2n) is 9.93. The summed E-state index contributed by atoms with van der Waals surface area (Å²) in [5.74, 6) is -1.16. The van der Waals surface area contributed by atoms with Crippen molar-refractivity contribution in [3.63, 3.8) is 0 Å². The molecule has 1 aliphatic heterocycles. The highest BCUT2D eigenvalue weighted by Gasteiger charge is 2.46. The maximum Gasteiger partial charge on any atom is 0.188 e. The summed E-state index contributed by atoms with van der Waals surface area (Å²) < 4.78 is 5.82. The topological polar surface area (TPSA) is 101 Å². The number of fused-ring (bicyclic) bond motifs is 1. The molecule has 0 amide bonds. The van der Waals surface area contributed by atoms with Crippen LogP contribution in [0.1, 0.15) is 79.1 Å². The highest BCUT2D eigenvalue weighted by molar-refractivity contribution is 6.03. The minimum Gasteiger partial charge on any atom is -0.464 e. The van der Waals surface area contributed by atoms with Gasteiger partial charge in [-0.3, -0.25) is 14.4 Å². The van der Waals surface area contributed by atoms with Gasteiger partial charge in [0.1, 0.15) is 17.1 Å². The predicted molar refractivity (Wildman–Crippen MR) is 125 cm³/mol. The Labute approximate surface area is 196 Å². The highest BCUT2D eigenvalue weighted by atomic mass is 16.5. The molecule has 0 aromatic heterocycles. The van der Waals surface area contributed by atoms with Crippen LogP contribution in [0.15, 0.2) is 46.5 Å². The summed E-state index contributed by atoms with van der Waals surface area (Å²) in [7, 11) is 0. The Hall–Kier alpha value is -2.31. The second kappa shape index (κ2) is 10.3. The second-order valence-corrected chi connectivity index (χ2v) is 9.93. The molecular weight excluding hydrogens is 420 g/mol. The third-order valence-corrected chi connectivity index (χ3v) is 7.13. The molecule has 0 aromatic carbocycles. The van der Waals surface area contributed by atoms with E-state index in [2.05, 4.69) is 6.92 Å². The van der Waals surface area contributed by atoms with E-state index in [1.165, 1.54) is 19.3 Å². The van der Waals surface area contributed by atoms with Crippen LogP contribution in [0, 0.1) is 11.8 Å². The Morgan fingerprint density at radius 2 is 1.94 bits per heavy atom. The van der Waals surface area contributed by atoms with Crippen LogP contribution >= 0.6 is 0 Å². The first-order valence-corrected chi connectivity index (χ1v) is 12.1. The fraction of sp³-hybridized carbons (Fsp3) is 0.593. The van der Waals surface area contributed by atoms with Crippen LogP contribution in [-0.4, -0.2) is 39.3 Å². The van der Waals surface area contributed by atoms with Crippen LogP contribution in [-0.2, 0) is 19.1 Å². The SMILES string of the molecule is CCCCCC[C@@H](C)C(=O)C[C@@H]1C2=COC(C3=C(C)C[C@@H](O)CC3=O)=CC2=CC(=O)[C@]1(C)O. The Morgan fingerprint density at radius 1 is 1.21 bits per heavy atom. The van der Waals surface area contributed by atoms with Gasteiger partial charge in [0.15, 0.2) is 11.6 Å². The van der Waals surface area contributed by atoms with E-state index in [-0.39, 0.29) is 30.3 Å². The number of allylic oxidation sites excluding steroid dienone is 3. The van der Waals surface area contributed by atoms with Crippen LogP contribution in [0.3, 0.4) is 0 Å². The van der Waals surface area contributed by atoms with E-state index in [1.54, 1.807) is 13.0 Å². The summed E-state index contributed by atoms with van der Waals surface area (Å²) in [5, 5.41) is 20.8.